The van der Waals surface area contributed by atoms with Gasteiger partial charge in [-0.05, 0) is 51.2 Å². The molecule has 1 fully saturated rings. The van der Waals surface area contributed by atoms with E-state index >= 15 is 0 Å². The van der Waals surface area contributed by atoms with E-state index in [1.54, 1.807) is 20.8 Å². The van der Waals surface area contributed by atoms with Crippen molar-refractivity contribution in [2.45, 2.75) is 50.9 Å². The fourth-order valence-electron chi connectivity index (χ4n) is 2.05. The summed E-state index contributed by atoms with van der Waals surface area (Å²) in [7, 11) is -3.06. The molecule has 1 atom stereocenters. The maximum absolute atomic E-state index is 12.0. The first-order valence-electron chi connectivity index (χ1n) is 6.84. The molecule has 0 bridgehead atoms. The Hall–Kier alpha value is -0.810. The molecule has 0 spiro atoms. The van der Waals surface area contributed by atoms with Gasteiger partial charge < -0.3 is 10.3 Å². The highest BCUT2D eigenvalue weighted by Gasteiger charge is 2.30. The van der Waals surface area contributed by atoms with E-state index in [2.05, 4.69) is 0 Å². The molecule has 0 saturated heterocycles. The lowest BCUT2D eigenvalue weighted by Gasteiger charge is -2.19. The highest BCUT2D eigenvalue weighted by Crippen LogP contribution is 2.39. The zero-order chi connectivity index (χ0) is 14.3. The molecule has 0 radical (unpaired) electrons. The number of hydrogen-bond donors (Lipinski definition) is 1. The number of aromatic nitrogens is 1. The van der Waals surface area contributed by atoms with Crippen molar-refractivity contribution in [1.82, 2.24) is 4.57 Å². The van der Waals surface area contributed by atoms with Gasteiger partial charge in [0.1, 0.15) is 0 Å². The average molecular weight is 284 g/mol. The van der Waals surface area contributed by atoms with Crippen molar-refractivity contribution in [2.24, 2.45) is 11.7 Å². The van der Waals surface area contributed by atoms with E-state index in [-0.39, 0.29) is 11.8 Å². The smallest absolute Gasteiger partial charge is 0.156 e. The third kappa shape index (κ3) is 3.39. The quantitative estimate of drug-likeness (QED) is 0.900. The summed E-state index contributed by atoms with van der Waals surface area (Å²) in [6.45, 7) is 5.72. The zero-order valence-corrected chi connectivity index (χ0v) is 12.8. The van der Waals surface area contributed by atoms with Gasteiger partial charge in [0.2, 0.25) is 0 Å². The minimum atomic E-state index is -3.06. The number of hydrogen-bond acceptors (Lipinski definition) is 3. The number of nitrogens with zero attached hydrogens (tertiary/aromatic N) is 1. The molecule has 19 heavy (non-hydrogen) atoms. The van der Waals surface area contributed by atoms with Crippen LogP contribution in [0, 0.1) is 5.92 Å². The van der Waals surface area contributed by atoms with E-state index in [9.17, 15) is 8.42 Å². The summed E-state index contributed by atoms with van der Waals surface area (Å²) in [6.07, 6.45) is 6.34. The molecule has 108 valence electrons. The number of sulfone groups is 1. The summed E-state index contributed by atoms with van der Waals surface area (Å²) in [6, 6.07) is 2.12. The molecule has 1 unspecified atom stereocenters. The predicted molar refractivity (Wildman–Crippen MR) is 77.6 cm³/mol. The van der Waals surface area contributed by atoms with E-state index in [4.69, 9.17) is 5.73 Å². The van der Waals surface area contributed by atoms with Gasteiger partial charge in [0, 0.05) is 25.0 Å². The first-order chi connectivity index (χ1) is 8.71. The van der Waals surface area contributed by atoms with E-state index in [0.717, 1.165) is 5.56 Å². The molecule has 4 nitrogen and oxygen atoms in total. The largest absolute Gasteiger partial charge is 0.353 e. The summed E-state index contributed by atoms with van der Waals surface area (Å²) >= 11 is 0. The molecular weight excluding hydrogens is 260 g/mol. The molecule has 2 rings (SSSR count). The van der Waals surface area contributed by atoms with Gasteiger partial charge in [-0.25, -0.2) is 8.42 Å². The van der Waals surface area contributed by atoms with Crippen molar-refractivity contribution in [1.29, 1.82) is 0 Å². The molecule has 1 heterocycles. The van der Waals surface area contributed by atoms with Gasteiger partial charge in [0.15, 0.2) is 9.84 Å². The van der Waals surface area contributed by atoms with Crippen LogP contribution >= 0.6 is 0 Å². The number of nitrogens with two attached hydrogens (primary N) is 1. The Morgan fingerprint density at radius 1 is 1.42 bits per heavy atom. The van der Waals surface area contributed by atoms with Gasteiger partial charge in [0.05, 0.1) is 10.5 Å². The van der Waals surface area contributed by atoms with Crippen LogP contribution in [0.2, 0.25) is 0 Å². The van der Waals surface area contributed by atoms with Gasteiger partial charge in [-0.1, -0.05) is 0 Å². The highest BCUT2D eigenvalue weighted by molar-refractivity contribution is 7.92. The molecule has 2 N–H and O–H groups in total. The summed E-state index contributed by atoms with van der Waals surface area (Å²) in [5.41, 5.74) is 7.25. The first kappa shape index (κ1) is 14.6. The average Bonchev–Trinajstić information content (AvgIpc) is 3.03. The Balaban J connectivity index is 1.97. The van der Waals surface area contributed by atoms with Crippen LogP contribution in [0.3, 0.4) is 0 Å². The van der Waals surface area contributed by atoms with Crippen LogP contribution in [0.1, 0.15) is 45.2 Å². The van der Waals surface area contributed by atoms with Crippen LogP contribution in [0.25, 0.3) is 0 Å². The summed E-state index contributed by atoms with van der Waals surface area (Å²) in [4.78, 5) is 0. The SMILES string of the molecule is CC(C)(C)S(=O)(=O)CCn1ccc(C(N)C2CC2)c1. The van der Waals surface area contributed by atoms with E-state index in [0.29, 0.717) is 12.5 Å². The van der Waals surface area contributed by atoms with E-state index < -0.39 is 14.6 Å². The Morgan fingerprint density at radius 2 is 2.05 bits per heavy atom. The fourth-order valence-corrected chi connectivity index (χ4v) is 3.12. The van der Waals surface area contributed by atoms with Crippen molar-refractivity contribution in [3.63, 3.8) is 0 Å². The Labute approximate surface area is 115 Å². The van der Waals surface area contributed by atoms with E-state index in [1.165, 1.54) is 12.8 Å². The normalized spacial score (nSPS) is 18.5. The summed E-state index contributed by atoms with van der Waals surface area (Å²) in [5.74, 6) is 0.790. The second kappa shape index (κ2) is 4.94. The van der Waals surface area contributed by atoms with Crippen LogP contribution in [-0.2, 0) is 16.4 Å². The molecule has 0 amide bonds. The minimum absolute atomic E-state index is 0.112. The molecule has 0 aliphatic heterocycles. The molecule has 1 aromatic rings. The molecule has 1 saturated carbocycles. The fraction of sp³-hybridized carbons (Fsp3) is 0.714. The minimum Gasteiger partial charge on any atom is -0.353 e. The maximum Gasteiger partial charge on any atom is 0.156 e. The highest BCUT2D eigenvalue weighted by atomic mass is 32.2. The van der Waals surface area contributed by atoms with Crippen LogP contribution in [-0.4, -0.2) is 23.5 Å². The van der Waals surface area contributed by atoms with Crippen molar-refractivity contribution < 1.29 is 8.42 Å². The topological polar surface area (TPSA) is 65.1 Å². The van der Waals surface area contributed by atoms with Gasteiger partial charge in [-0.15, -0.1) is 0 Å². The second-order valence-corrected chi connectivity index (χ2v) is 9.34. The van der Waals surface area contributed by atoms with Crippen molar-refractivity contribution in [3.8, 4) is 0 Å². The number of aryl methyl sites for hydroxylation is 1. The molecule has 0 aromatic carbocycles. The first-order valence-corrected chi connectivity index (χ1v) is 8.49. The molecule has 1 aromatic heterocycles. The standard InChI is InChI=1S/C14H24N2O2S/c1-14(2,3)19(17,18)9-8-16-7-6-12(10-16)13(15)11-4-5-11/h6-7,10-11,13H,4-5,8-9,15H2,1-3H3. The monoisotopic (exact) mass is 284 g/mol. The molecule has 5 heteroatoms. The van der Waals surface area contributed by atoms with E-state index in [1.807, 2.05) is 23.0 Å². The Morgan fingerprint density at radius 3 is 2.58 bits per heavy atom. The van der Waals surface area contributed by atoms with Gasteiger partial charge in [-0.2, -0.15) is 0 Å². The van der Waals surface area contributed by atoms with Gasteiger partial charge in [-0.3, -0.25) is 0 Å². The Bertz CT molecular complexity index is 536. The number of rotatable bonds is 5. The Kier molecular flexibility index (Phi) is 3.80. The van der Waals surface area contributed by atoms with Crippen LogP contribution in [0.15, 0.2) is 18.5 Å². The van der Waals surface area contributed by atoms with Crippen molar-refractivity contribution >= 4 is 9.84 Å². The lowest BCUT2D eigenvalue weighted by molar-refractivity contribution is 0.553. The van der Waals surface area contributed by atoms with Crippen molar-refractivity contribution in [3.05, 3.63) is 24.0 Å². The lowest BCUT2D eigenvalue weighted by atomic mass is 10.1. The zero-order valence-electron chi connectivity index (χ0n) is 12.0. The third-order valence-corrected chi connectivity index (χ3v) is 6.43. The second-order valence-electron chi connectivity index (χ2n) is 6.48. The van der Waals surface area contributed by atoms with Crippen LogP contribution in [0.4, 0.5) is 0 Å². The van der Waals surface area contributed by atoms with Crippen molar-refractivity contribution in [2.75, 3.05) is 5.75 Å². The molecule has 1 aliphatic carbocycles. The maximum atomic E-state index is 12.0. The van der Waals surface area contributed by atoms with Gasteiger partial charge in [0.25, 0.3) is 0 Å². The molecule has 1 aliphatic rings. The van der Waals surface area contributed by atoms with Crippen LogP contribution in [0.5, 0.6) is 0 Å². The lowest BCUT2D eigenvalue weighted by Crippen LogP contribution is -2.31. The summed E-state index contributed by atoms with van der Waals surface area (Å²) in [5, 5.41) is 0. The summed E-state index contributed by atoms with van der Waals surface area (Å²) < 4.78 is 25.3. The van der Waals surface area contributed by atoms with Crippen LogP contribution < -0.4 is 5.73 Å². The predicted octanol–water partition coefficient (Wildman–Crippen LogP) is 2.11. The third-order valence-electron chi connectivity index (χ3n) is 3.84. The molecular formula is C14H24N2O2S. The van der Waals surface area contributed by atoms with Gasteiger partial charge >= 0.3 is 0 Å².